The second kappa shape index (κ2) is 7.25. The number of anilines is 1. The number of aromatic nitrogens is 1. The van der Waals surface area contributed by atoms with E-state index in [0.29, 0.717) is 6.04 Å². The minimum absolute atomic E-state index is 0.601. The third-order valence-electron chi connectivity index (χ3n) is 3.91. The molecule has 0 bridgehead atoms. The summed E-state index contributed by atoms with van der Waals surface area (Å²) in [6.45, 7) is 12.7. The summed E-state index contributed by atoms with van der Waals surface area (Å²) in [7, 11) is 0. The minimum Gasteiger partial charge on any atom is -0.370 e. The van der Waals surface area contributed by atoms with E-state index in [4.69, 9.17) is 11.6 Å². The lowest BCUT2D eigenvalue weighted by Gasteiger charge is -2.39. The van der Waals surface area contributed by atoms with Crippen LogP contribution in [0.5, 0.6) is 0 Å². The second-order valence-electron chi connectivity index (χ2n) is 5.37. The zero-order valence-electron chi connectivity index (χ0n) is 12.7. The van der Waals surface area contributed by atoms with E-state index < -0.39 is 0 Å². The zero-order chi connectivity index (χ0) is 14.5. The molecule has 1 atom stereocenters. The lowest BCUT2D eigenvalue weighted by molar-refractivity contribution is 0.0827. The van der Waals surface area contributed by atoms with E-state index in [2.05, 4.69) is 40.9 Å². The van der Waals surface area contributed by atoms with Gasteiger partial charge in [-0.1, -0.05) is 18.5 Å². The summed E-state index contributed by atoms with van der Waals surface area (Å²) in [6.07, 6.45) is 0. The van der Waals surface area contributed by atoms with Gasteiger partial charge in [-0.05, 0) is 32.5 Å². The lowest BCUT2D eigenvalue weighted by Crippen LogP contribution is -2.51. The number of likely N-dealkylation sites (N-methyl/N-ethyl adjacent to an activating group) is 1. The van der Waals surface area contributed by atoms with Gasteiger partial charge < -0.3 is 5.32 Å². The Hall–Kier alpha value is -0.840. The maximum Gasteiger partial charge on any atom is 0.126 e. The Kier molecular flexibility index (Phi) is 5.64. The van der Waals surface area contributed by atoms with Gasteiger partial charge in [0.2, 0.25) is 0 Å². The van der Waals surface area contributed by atoms with Crippen molar-refractivity contribution in [3.8, 4) is 0 Å². The first-order chi connectivity index (χ1) is 9.63. The molecule has 4 nitrogen and oxygen atoms in total. The van der Waals surface area contributed by atoms with Gasteiger partial charge >= 0.3 is 0 Å². The molecule has 1 aromatic rings. The molecule has 0 saturated carbocycles. The third-order valence-corrected chi connectivity index (χ3v) is 4.25. The summed E-state index contributed by atoms with van der Waals surface area (Å²) in [5, 5.41) is 4.00. The monoisotopic (exact) mass is 296 g/mol. The molecule has 112 valence electrons. The van der Waals surface area contributed by atoms with Crippen molar-refractivity contribution in [2.24, 2.45) is 0 Å². The van der Waals surface area contributed by atoms with Gasteiger partial charge in [0.25, 0.3) is 0 Å². The summed E-state index contributed by atoms with van der Waals surface area (Å²) in [5.41, 5.74) is 0.974. The molecule has 1 N–H and O–H groups in total. The summed E-state index contributed by atoms with van der Waals surface area (Å²) in [5.74, 6) is 0.909. The van der Waals surface area contributed by atoms with Crippen LogP contribution in [0.4, 0.5) is 5.82 Å². The molecule has 2 heterocycles. The number of nitrogens with zero attached hydrogens (tertiary/aromatic N) is 3. The van der Waals surface area contributed by atoms with Crippen LogP contribution in [0.15, 0.2) is 12.1 Å². The molecular weight excluding hydrogens is 272 g/mol. The summed E-state index contributed by atoms with van der Waals surface area (Å²) in [6, 6.07) is 4.48. The van der Waals surface area contributed by atoms with Crippen molar-refractivity contribution in [1.82, 2.24) is 14.8 Å². The maximum atomic E-state index is 6.28. The molecule has 0 radical (unpaired) electrons. The molecule has 1 unspecified atom stereocenters. The molecule has 1 fully saturated rings. The Morgan fingerprint density at radius 1 is 1.35 bits per heavy atom. The molecule has 2 rings (SSSR count). The van der Waals surface area contributed by atoms with Crippen LogP contribution in [0.1, 0.15) is 26.5 Å². The van der Waals surface area contributed by atoms with Crippen LogP contribution < -0.4 is 5.32 Å². The van der Waals surface area contributed by atoms with Crippen molar-refractivity contribution in [2.75, 3.05) is 38.0 Å². The van der Waals surface area contributed by atoms with E-state index in [-0.39, 0.29) is 0 Å². The minimum atomic E-state index is 0.601. The van der Waals surface area contributed by atoms with Gasteiger partial charge in [-0.3, -0.25) is 9.80 Å². The summed E-state index contributed by atoms with van der Waals surface area (Å²) in [4.78, 5) is 9.58. The van der Waals surface area contributed by atoms with E-state index in [1.54, 1.807) is 0 Å². The highest BCUT2D eigenvalue weighted by atomic mass is 35.5. The number of nitrogens with one attached hydrogen (secondary N) is 1. The van der Waals surface area contributed by atoms with Crippen LogP contribution in [0.3, 0.4) is 0 Å². The van der Waals surface area contributed by atoms with Gasteiger partial charge in [-0.2, -0.15) is 0 Å². The van der Waals surface area contributed by atoms with Crippen molar-refractivity contribution in [3.05, 3.63) is 22.8 Å². The van der Waals surface area contributed by atoms with E-state index in [1.165, 1.54) is 0 Å². The Balaban J connectivity index is 2.01. The van der Waals surface area contributed by atoms with E-state index in [9.17, 15) is 0 Å². The zero-order valence-corrected chi connectivity index (χ0v) is 13.5. The van der Waals surface area contributed by atoms with Crippen molar-refractivity contribution >= 4 is 17.4 Å². The molecule has 0 aromatic carbocycles. The third kappa shape index (κ3) is 3.84. The highest BCUT2D eigenvalue weighted by Crippen LogP contribution is 2.20. The second-order valence-corrected chi connectivity index (χ2v) is 5.78. The molecule has 5 heteroatoms. The van der Waals surface area contributed by atoms with Gasteiger partial charge in [-0.15, -0.1) is 0 Å². The van der Waals surface area contributed by atoms with Gasteiger partial charge in [0.15, 0.2) is 0 Å². The Morgan fingerprint density at radius 3 is 2.80 bits per heavy atom. The Labute approximate surface area is 127 Å². The van der Waals surface area contributed by atoms with Gasteiger partial charge in [0.05, 0.1) is 10.7 Å². The number of piperazine rings is 1. The van der Waals surface area contributed by atoms with Crippen LogP contribution in [0, 0.1) is 0 Å². The standard InChI is InChI=1S/C15H25ClN4/c1-4-17-15-7-6-13(16)14(18-15)11-19-8-9-20(5-2)12(3)10-19/h6-7,12H,4-5,8-11H2,1-3H3,(H,17,18). The molecule has 0 aliphatic carbocycles. The van der Waals surface area contributed by atoms with Gasteiger partial charge in [0, 0.05) is 38.8 Å². The van der Waals surface area contributed by atoms with Crippen LogP contribution in [-0.2, 0) is 6.54 Å². The van der Waals surface area contributed by atoms with E-state index in [1.807, 2.05) is 12.1 Å². The van der Waals surface area contributed by atoms with Crippen molar-refractivity contribution in [2.45, 2.75) is 33.4 Å². The SMILES string of the molecule is CCNc1ccc(Cl)c(CN2CCN(CC)C(C)C2)n1. The van der Waals surface area contributed by atoms with Gasteiger partial charge in [0.1, 0.15) is 5.82 Å². The molecule has 20 heavy (non-hydrogen) atoms. The maximum absolute atomic E-state index is 6.28. The lowest BCUT2D eigenvalue weighted by atomic mass is 10.2. The number of pyridine rings is 1. The first-order valence-electron chi connectivity index (χ1n) is 7.49. The average Bonchev–Trinajstić information content (AvgIpc) is 2.43. The quantitative estimate of drug-likeness (QED) is 0.905. The fourth-order valence-corrected chi connectivity index (χ4v) is 2.94. The largest absolute Gasteiger partial charge is 0.370 e. The number of rotatable bonds is 5. The molecule has 0 spiro atoms. The van der Waals surface area contributed by atoms with Gasteiger partial charge in [-0.25, -0.2) is 4.98 Å². The highest BCUT2D eigenvalue weighted by Gasteiger charge is 2.23. The average molecular weight is 297 g/mol. The molecule has 1 aliphatic rings. The molecule has 1 aliphatic heterocycles. The van der Waals surface area contributed by atoms with Crippen molar-refractivity contribution in [3.63, 3.8) is 0 Å². The smallest absolute Gasteiger partial charge is 0.126 e. The first kappa shape index (κ1) is 15.5. The Morgan fingerprint density at radius 2 is 2.15 bits per heavy atom. The Bertz CT molecular complexity index is 438. The molecular formula is C15H25ClN4. The number of hydrogen-bond donors (Lipinski definition) is 1. The predicted octanol–water partition coefficient (Wildman–Crippen LogP) is 2.69. The van der Waals surface area contributed by atoms with E-state index >= 15 is 0 Å². The van der Waals surface area contributed by atoms with Crippen LogP contribution in [0.2, 0.25) is 5.02 Å². The molecule has 1 aromatic heterocycles. The first-order valence-corrected chi connectivity index (χ1v) is 7.87. The fraction of sp³-hybridized carbons (Fsp3) is 0.667. The molecule has 0 amide bonds. The van der Waals surface area contributed by atoms with Crippen LogP contribution >= 0.6 is 11.6 Å². The highest BCUT2D eigenvalue weighted by molar-refractivity contribution is 6.31. The van der Waals surface area contributed by atoms with Crippen LogP contribution in [0.25, 0.3) is 0 Å². The van der Waals surface area contributed by atoms with Crippen LogP contribution in [-0.4, -0.2) is 53.5 Å². The normalized spacial score (nSPS) is 21.1. The summed E-state index contributed by atoms with van der Waals surface area (Å²) < 4.78 is 0. The van der Waals surface area contributed by atoms with Crippen molar-refractivity contribution < 1.29 is 0 Å². The fourth-order valence-electron chi connectivity index (χ4n) is 2.77. The summed E-state index contributed by atoms with van der Waals surface area (Å²) >= 11 is 6.28. The van der Waals surface area contributed by atoms with Crippen molar-refractivity contribution in [1.29, 1.82) is 0 Å². The number of halogens is 1. The predicted molar refractivity (Wildman–Crippen MR) is 85.4 cm³/mol. The molecule has 1 saturated heterocycles. The van der Waals surface area contributed by atoms with E-state index in [0.717, 1.165) is 55.8 Å². The number of hydrogen-bond acceptors (Lipinski definition) is 4. The topological polar surface area (TPSA) is 31.4 Å².